The van der Waals surface area contributed by atoms with Gasteiger partial charge in [-0.1, -0.05) is 53.2 Å². The van der Waals surface area contributed by atoms with Crippen LogP contribution in [0, 0.1) is 50.7 Å². The molecule has 24 nitrogen and oxygen atoms in total. The largest absolute Gasteiger partial charge is 0.432 e. The Morgan fingerprint density at radius 1 is 0.575 bits per heavy atom. The van der Waals surface area contributed by atoms with E-state index in [9.17, 15) is 66.1 Å². The van der Waals surface area contributed by atoms with Gasteiger partial charge in [-0.15, -0.1) is 0 Å². The molecule has 31 atom stereocenters. The molecular formula is C56H88O24. The number of carbonyl (C=O) groups excluding carboxylic acids is 2. The summed E-state index contributed by atoms with van der Waals surface area (Å²) >= 11 is 0. The van der Waals surface area contributed by atoms with E-state index in [1.54, 1.807) is 0 Å². The summed E-state index contributed by atoms with van der Waals surface area (Å²) in [6, 6.07) is 0. The maximum absolute atomic E-state index is 15.4. The van der Waals surface area contributed by atoms with E-state index < -0.39 is 177 Å². The molecule has 0 amide bonds. The molecule has 0 radical (unpaired) electrons. The summed E-state index contributed by atoms with van der Waals surface area (Å²) < 4.78 is 58.3. The number of ether oxygens (including phenoxy) is 10. The number of ketones is 1. The van der Waals surface area contributed by atoms with E-state index in [0.717, 1.165) is 31.3 Å². The summed E-state index contributed by atoms with van der Waals surface area (Å²) in [5.41, 5.74) is -1.34. The lowest BCUT2D eigenvalue weighted by Gasteiger charge is -2.70. The third kappa shape index (κ3) is 10.1. The fourth-order valence-corrected chi connectivity index (χ4v) is 16.5. The van der Waals surface area contributed by atoms with Gasteiger partial charge >= 0.3 is 5.97 Å². The summed E-state index contributed by atoms with van der Waals surface area (Å²) in [5.74, 6) is -0.361. The Labute approximate surface area is 465 Å². The maximum Gasteiger partial charge on any atom is 0.317 e. The van der Waals surface area contributed by atoms with E-state index in [1.807, 2.05) is 0 Å². The molecule has 0 spiro atoms. The van der Waals surface area contributed by atoms with Crippen LogP contribution in [0.25, 0.3) is 0 Å². The highest BCUT2D eigenvalue weighted by molar-refractivity contribution is 5.82. The number of Topliss-reactive ketones (excluding diaryl/α,β-unsaturated/α-hetero) is 1. The molecule has 5 heterocycles. The molecule has 80 heavy (non-hydrogen) atoms. The number of aliphatic hydroxyl groups excluding tert-OH is 12. The maximum atomic E-state index is 15.4. The smallest absolute Gasteiger partial charge is 0.317 e. The number of allylic oxidation sites excluding steroid dienone is 2. The molecule has 12 N–H and O–H groups in total. The van der Waals surface area contributed by atoms with Gasteiger partial charge in [0.2, 0.25) is 6.29 Å². The Balaban J connectivity index is 0.813. The zero-order chi connectivity index (χ0) is 58.1. The molecule has 1 unspecified atom stereocenters. The first-order chi connectivity index (χ1) is 37.5. The quantitative estimate of drug-likeness (QED) is 0.0879. The van der Waals surface area contributed by atoms with Gasteiger partial charge in [0.25, 0.3) is 0 Å². The molecule has 5 aliphatic heterocycles. The van der Waals surface area contributed by atoms with Crippen LogP contribution in [0.1, 0.15) is 113 Å². The number of hydrogen-bond acceptors (Lipinski definition) is 24. The van der Waals surface area contributed by atoms with Gasteiger partial charge in [0.05, 0.1) is 38.1 Å². The molecule has 9 fully saturated rings. The summed E-state index contributed by atoms with van der Waals surface area (Å²) in [6.45, 7) is 14.9. The highest BCUT2D eigenvalue weighted by atomic mass is 16.8. The SMILES string of the molecule is C[C@@H]1O[C@@H](O[C@H]2[C@H](OC(=O)[C@]34CCC(C)(C)C[C@H]3C3=CCC5[C@@]6(C)CCC(=O)[C@@H](C)[C@@H]6CC[C@@]5(C)[C@]3(C)C[C@H]4O)O[C@H](C)[C@H](O)[C@@H]2O)[C@H](O)[C@H](O)[C@H]1O[C@@H]1OC[C@@H](O)[C@H](O[C@@H]2OC[C@H](O[C@@H]3OC[C@H](O)[C@H](O)[C@H]3O)[C@H](O)[C@H]2O)[C@H]1O. The van der Waals surface area contributed by atoms with Crippen molar-refractivity contribution in [3.8, 4) is 0 Å². The molecule has 5 saturated heterocycles. The van der Waals surface area contributed by atoms with Crippen LogP contribution in [-0.2, 0) is 57.0 Å². The Hall–Kier alpha value is -1.96. The van der Waals surface area contributed by atoms with Crippen LogP contribution in [-0.4, -0.2) is 234 Å². The van der Waals surface area contributed by atoms with Crippen molar-refractivity contribution in [1.82, 2.24) is 0 Å². The Morgan fingerprint density at radius 2 is 1.16 bits per heavy atom. The van der Waals surface area contributed by atoms with E-state index in [-0.39, 0.29) is 47.0 Å². The van der Waals surface area contributed by atoms with Gasteiger partial charge in [0, 0.05) is 12.3 Å². The minimum Gasteiger partial charge on any atom is -0.432 e. The van der Waals surface area contributed by atoms with Crippen molar-refractivity contribution in [2.75, 3.05) is 19.8 Å². The third-order valence-corrected chi connectivity index (χ3v) is 21.7. The van der Waals surface area contributed by atoms with Gasteiger partial charge in [-0.3, -0.25) is 9.59 Å². The molecule has 10 rings (SSSR count). The van der Waals surface area contributed by atoms with Crippen LogP contribution in [0.4, 0.5) is 0 Å². The first kappa shape index (κ1) is 61.1. The minimum absolute atomic E-state index is 0.0144. The molecule has 0 bridgehead atoms. The summed E-state index contributed by atoms with van der Waals surface area (Å²) in [7, 11) is 0. The minimum atomic E-state index is -1.97. The van der Waals surface area contributed by atoms with E-state index in [2.05, 4.69) is 47.6 Å². The summed E-state index contributed by atoms with van der Waals surface area (Å²) in [6.07, 6.45) is -28.8. The van der Waals surface area contributed by atoms with Crippen molar-refractivity contribution >= 4 is 11.8 Å². The van der Waals surface area contributed by atoms with Crippen molar-refractivity contribution in [2.24, 2.45) is 50.7 Å². The number of aliphatic hydroxyl groups is 12. The van der Waals surface area contributed by atoms with Crippen molar-refractivity contribution in [3.05, 3.63) is 11.6 Å². The molecule has 24 heteroatoms. The summed E-state index contributed by atoms with van der Waals surface area (Å²) in [5, 5.41) is 133. The molecule has 0 aromatic rings. The average Bonchev–Trinajstić information content (AvgIpc) is 3.58. The lowest BCUT2D eigenvalue weighted by atomic mass is 9.34. The average molecular weight is 1150 g/mol. The fourth-order valence-electron chi connectivity index (χ4n) is 16.5. The van der Waals surface area contributed by atoms with Crippen molar-refractivity contribution < 1.29 is 118 Å². The standard InChI is InChI=1S/C56H88O24/c1-22-25-11-14-54(7)32(53(25,6)13-12-28(22)57)10-9-26-27-17-52(4,5)15-16-56(27,33(60)18-55(26,54)8)51(70)80-50-45(37(64)34(61)23(2)74-50)79-49-41(68)38(65)43(24(3)75-49)77-48-42(69)44(30(59)20-72-48)78-47-40(67)36(63)31(21-73-47)76-46-39(66)35(62)29(58)19-71-46/h9,22-25,27,29-50,58-69H,10-21H2,1-8H3/t22-,23+,24-,25-,27-,29-,30+,31-,32?,33+,34-,35-,36-,37-,38-,39+,40+,41+,42+,43-,44-,45+,46-,47-,48-,49-,50-,53-,54+,55+,56+/m0/s1. The predicted octanol–water partition coefficient (Wildman–Crippen LogP) is -1.45. The van der Waals surface area contributed by atoms with E-state index in [0.29, 0.717) is 31.5 Å². The van der Waals surface area contributed by atoms with Crippen LogP contribution in [0.15, 0.2) is 11.6 Å². The van der Waals surface area contributed by atoms with Crippen LogP contribution in [0.5, 0.6) is 0 Å². The molecule has 0 aromatic carbocycles. The normalized spacial score (nSPS) is 55.2. The van der Waals surface area contributed by atoms with Crippen molar-refractivity contribution in [3.63, 3.8) is 0 Å². The third-order valence-electron chi connectivity index (χ3n) is 21.7. The van der Waals surface area contributed by atoms with Gasteiger partial charge < -0.3 is 109 Å². The zero-order valence-electron chi connectivity index (χ0n) is 46.9. The van der Waals surface area contributed by atoms with Crippen LogP contribution < -0.4 is 0 Å². The predicted molar refractivity (Wildman–Crippen MR) is 270 cm³/mol. The van der Waals surface area contributed by atoms with Gasteiger partial charge in [-0.2, -0.15) is 0 Å². The molecule has 0 aromatic heterocycles. The van der Waals surface area contributed by atoms with Gasteiger partial charge in [0.15, 0.2) is 31.3 Å². The second kappa shape index (κ2) is 22.4. The number of carbonyl (C=O) groups is 2. The highest BCUT2D eigenvalue weighted by Gasteiger charge is 2.71. The Bertz CT molecular complexity index is 2270. The number of rotatable bonds is 10. The summed E-state index contributed by atoms with van der Waals surface area (Å²) in [4.78, 5) is 28.4. The van der Waals surface area contributed by atoms with Gasteiger partial charge in [0.1, 0.15) is 96.7 Å². The lowest BCUT2D eigenvalue weighted by molar-refractivity contribution is -0.380. The highest BCUT2D eigenvalue weighted by Crippen LogP contribution is 2.75. The van der Waals surface area contributed by atoms with Gasteiger partial charge in [-0.25, -0.2) is 0 Å². The molecule has 5 aliphatic carbocycles. The number of esters is 1. The molecule has 10 aliphatic rings. The Morgan fingerprint density at radius 3 is 1.88 bits per heavy atom. The monoisotopic (exact) mass is 1140 g/mol. The van der Waals surface area contributed by atoms with Crippen molar-refractivity contribution in [1.29, 1.82) is 0 Å². The number of fused-ring (bicyclic) bond motifs is 7. The van der Waals surface area contributed by atoms with Crippen LogP contribution >= 0.6 is 0 Å². The van der Waals surface area contributed by atoms with Crippen molar-refractivity contribution in [2.45, 2.75) is 254 Å². The van der Waals surface area contributed by atoms with Gasteiger partial charge in [-0.05, 0) is 105 Å². The Kier molecular flexibility index (Phi) is 17.1. The molecule has 456 valence electrons. The lowest BCUT2D eigenvalue weighted by Crippen LogP contribution is -2.68. The van der Waals surface area contributed by atoms with E-state index >= 15 is 4.79 Å². The first-order valence-corrected chi connectivity index (χ1v) is 28.9. The topological polar surface area (TPSA) is 369 Å². The fraction of sp³-hybridized carbons (Fsp3) is 0.929. The first-order valence-electron chi connectivity index (χ1n) is 28.9. The molecular weight excluding hydrogens is 1060 g/mol. The van der Waals surface area contributed by atoms with Crippen LogP contribution in [0.3, 0.4) is 0 Å². The van der Waals surface area contributed by atoms with Crippen LogP contribution in [0.2, 0.25) is 0 Å². The van der Waals surface area contributed by atoms with E-state index in [1.165, 1.54) is 13.8 Å². The second-order valence-corrected chi connectivity index (χ2v) is 26.7. The zero-order valence-corrected chi connectivity index (χ0v) is 46.9. The number of hydrogen-bond donors (Lipinski definition) is 12. The van der Waals surface area contributed by atoms with E-state index in [4.69, 9.17) is 47.4 Å². The molecule has 4 saturated carbocycles. The second-order valence-electron chi connectivity index (χ2n) is 26.7.